The summed E-state index contributed by atoms with van der Waals surface area (Å²) in [6, 6.07) is 4.15. The second kappa shape index (κ2) is 8.31. The van der Waals surface area contributed by atoms with Crippen LogP contribution in [0.15, 0.2) is 29.5 Å². The van der Waals surface area contributed by atoms with Gasteiger partial charge < -0.3 is 14.6 Å². The Balaban J connectivity index is 1.33. The van der Waals surface area contributed by atoms with Crippen molar-refractivity contribution in [3.63, 3.8) is 0 Å². The van der Waals surface area contributed by atoms with E-state index in [1.807, 2.05) is 24.6 Å². The second-order valence-corrected chi connectivity index (χ2v) is 8.59. The van der Waals surface area contributed by atoms with Crippen molar-refractivity contribution in [1.82, 2.24) is 24.6 Å². The van der Waals surface area contributed by atoms with E-state index in [1.54, 1.807) is 0 Å². The molecule has 0 bridgehead atoms. The first-order valence-electron chi connectivity index (χ1n) is 9.96. The van der Waals surface area contributed by atoms with Gasteiger partial charge in [0.1, 0.15) is 10.7 Å². The van der Waals surface area contributed by atoms with Gasteiger partial charge in [-0.15, -0.1) is 11.3 Å². The molecule has 0 atom stereocenters. The van der Waals surface area contributed by atoms with Crippen LogP contribution < -0.4 is 5.32 Å². The van der Waals surface area contributed by atoms with Crippen molar-refractivity contribution in [3.8, 4) is 0 Å². The number of thiazole rings is 1. The molecule has 3 aromatic rings. The van der Waals surface area contributed by atoms with E-state index in [-0.39, 0.29) is 0 Å². The van der Waals surface area contributed by atoms with Crippen molar-refractivity contribution in [3.05, 3.63) is 51.4 Å². The molecule has 0 spiro atoms. The van der Waals surface area contributed by atoms with Crippen LogP contribution in [0, 0.1) is 6.92 Å². The highest BCUT2D eigenvalue weighted by Crippen LogP contribution is 2.27. The van der Waals surface area contributed by atoms with Gasteiger partial charge in [0.05, 0.1) is 17.9 Å². The number of aryl methyl sites for hydroxylation is 3. The lowest BCUT2D eigenvalue weighted by Gasteiger charge is -2.20. The highest BCUT2D eigenvalue weighted by molar-refractivity contribution is 7.11. The fraction of sp³-hybridized carbons (Fsp3) is 0.476. The lowest BCUT2D eigenvalue weighted by atomic mass is 10.0. The molecule has 0 unspecified atom stereocenters. The summed E-state index contributed by atoms with van der Waals surface area (Å²) in [5.41, 5.74) is 4.65. The average Bonchev–Trinajstić information content (AvgIpc) is 3.29. The minimum absolute atomic E-state index is 0.797. The van der Waals surface area contributed by atoms with Crippen LogP contribution in [0.3, 0.4) is 0 Å². The molecule has 0 amide bonds. The van der Waals surface area contributed by atoms with Gasteiger partial charge in [-0.2, -0.15) is 0 Å². The zero-order valence-corrected chi connectivity index (χ0v) is 17.7. The maximum Gasteiger partial charge on any atom is 0.193 e. The Morgan fingerprint density at radius 2 is 2.18 bits per heavy atom. The molecular weight excluding hydrogens is 368 g/mol. The predicted molar refractivity (Wildman–Crippen MR) is 115 cm³/mol. The highest BCUT2D eigenvalue weighted by atomic mass is 32.1. The quantitative estimate of drug-likeness (QED) is 0.531. The third-order valence-electron chi connectivity index (χ3n) is 5.23. The van der Waals surface area contributed by atoms with E-state index in [0.717, 1.165) is 43.2 Å². The first-order chi connectivity index (χ1) is 13.6. The number of imidazole rings is 1. The van der Waals surface area contributed by atoms with Crippen molar-refractivity contribution < 1.29 is 0 Å². The summed E-state index contributed by atoms with van der Waals surface area (Å²) in [4.78, 5) is 17.7. The summed E-state index contributed by atoms with van der Waals surface area (Å²) in [5, 5.41) is 4.65. The van der Waals surface area contributed by atoms with Gasteiger partial charge in [-0.1, -0.05) is 6.07 Å². The molecule has 0 aromatic carbocycles. The Kier molecular flexibility index (Phi) is 5.62. The highest BCUT2D eigenvalue weighted by Gasteiger charge is 2.17. The predicted octanol–water partition coefficient (Wildman–Crippen LogP) is 3.23. The summed E-state index contributed by atoms with van der Waals surface area (Å²) in [6.45, 7) is 3.69. The number of hydrogen-bond acceptors (Lipinski definition) is 4. The van der Waals surface area contributed by atoms with Crippen LogP contribution >= 0.6 is 11.3 Å². The normalized spacial score (nSPS) is 14.3. The van der Waals surface area contributed by atoms with Crippen molar-refractivity contribution in [2.45, 2.75) is 45.6 Å². The number of nitrogens with zero attached hydrogens (tertiary/aromatic N) is 5. The molecule has 7 heteroatoms. The van der Waals surface area contributed by atoms with E-state index in [0.29, 0.717) is 0 Å². The van der Waals surface area contributed by atoms with Crippen LogP contribution in [-0.4, -0.2) is 45.9 Å². The summed E-state index contributed by atoms with van der Waals surface area (Å²) >= 11 is 1.87. The van der Waals surface area contributed by atoms with Crippen LogP contribution in [0.1, 0.15) is 39.7 Å². The summed E-state index contributed by atoms with van der Waals surface area (Å²) in [7, 11) is 3.91. The van der Waals surface area contributed by atoms with Crippen molar-refractivity contribution in [1.29, 1.82) is 0 Å². The Morgan fingerprint density at radius 3 is 2.96 bits per heavy atom. The molecular formula is C21H28N6S. The Labute approximate surface area is 170 Å². The number of nitrogens with one attached hydrogen (secondary N) is 1. The lowest BCUT2D eigenvalue weighted by molar-refractivity contribution is 0.475. The largest absolute Gasteiger partial charge is 0.356 e. The van der Waals surface area contributed by atoms with E-state index in [2.05, 4.69) is 51.9 Å². The monoisotopic (exact) mass is 396 g/mol. The summed E-state index contributed by atoms with van der Waals surface area (Å²) < 4.78 is 2.09. The molecule has 3 heterocycles. The van der Waals surface area contributed by atoms with E-state index < -0.39 is 0 Å². The Hall–Kier alpha value is -2.41. The Bertz CT molecular complexity index is 963. The molecule has 4 rings (SSSR count). The van der Waals surface area contributed by atoms with Gasteiger partial charge in [-0.05, 0) is 44.2 Å². The molecule has 148 valence electrons. The van der Waals surface area contributed by atoms with Crippen LogP contribution in [-0.2, 0) is 25.8 Å². The van der Waals surface area contributed by atoms with Crippen LogP contribution in [0.2, 0.25) is 0 Å². The number of pyridine rings is 1. The molecule has 0 fully saturated rings. The van der Waals surface area contributed by atoms with E-state index in [4.69, 9.17) is 9.97 Å². The second-order valence-electron chi connectivity index (χ2n) is 7.42. The lowest BCUT2D eigenvalue weighted by Crippen LogP contribution is -2.39. The van der Waals surface area contributed by atoms with Gasteiger partial charge in [0.2, 0.25) is 0 Å². The molecule has 0 saturated heterocycles. The van der Waals surface area contributed by atoms with Gasteiger partial charge in [0.15, 0.2) is 5.96 Å². The summed E-state index contributed by atoms with van der Waals surface area (Å²) in [5.74, 6) is 0.896. The molecule has 6 nitrogen and oxygen atoms in total. The van der Waals surface area contributed by atoms with E-state index >= 15 is 0 Å². The smallest absolute Gasteiger partial charge is 0.193 e. The maximum atomic E-state index is 4.85. The Morgan fingerprint density at radius 1 is 1.32 bits per heavy atom. The molecule has 1 aliphatic rings. The number of fused-ring (bicyclic) bond motifs is 2. The molecule has 1 N–H and O–H groups in total. The van der Waals surface area contributed by atoms with Gasteiger partial charge in [0, 0.05) is 44.3 Å². The molecule has 0 aliphatic heterocycles. The van der Waals surface area contributed by atoms with Crippen LogP contribution in [0.4, 0.5) is 0 Å². The number of hydrogen-bond donors (Lipinski definition) is 1. The number of aliphatic imine (C=N–C) groups is 1. The number of guanidine groups is 1. The maximum absolute atomic E-state index is 4.85. The van der Waals surface area contributed by atoms with Crippen molar-refractivity contribution in [2.24, 2.45) is 4.99 Å². The SMILES string of the molecule is CN=C(NCCc1cn2cccc(C)c2n1)N(C)Cc1nc2c(s1)CCCC2. The molecule has 0 radical (unpaired) electrons. The molecule has 1 aliphatic carbocycles. The topological polar surface area (TPSA) is 57.8 Å². The third kappa shape index (κ3) is 4.04. The van der Waals surface area contributed by atoms with E-state index in [9.17, 15) is 0 Å². The number of aromatic nitrogens is 3. The number of rotatable bonds is 5. The van der Waals surface area contributed by atoms with Crippen molar-refractivity contribution in [2.75, 3.05) is 20.6 Å². The van der Waals surface area contributed by atoms with Gasteiger partial charge in [-0.3, -0.25) is 4.99 Å². The zero-order valence-electron chi connectivity index (χ0n) is 16.9. The minimum Gasteiger partial charge on any atom is -0.356 e. The van der Waals surface area contributed by atoms with Gasteiger partial charge in [-0.25, -0.2) is 9.97 Å². The standard InChI is InChI=1S/C21H28N6S/c1-15-7-6-12-27-13-16(24-20(15)27)10-11-23-21(22-2)26(3)14-19-25-17-8-4-5-9-18(17)28-19/h6-7,12-13H,4-5,8-11,14H2,1-3H3,(H,22,23). The zero-order chi connectivity index (χ0) is 19.5. The van der Waals surface area contributed by atoms with Gasteiger partial charge in [0.25, 0.3) is 0 Å². The minimum atomic E-state index is 0.797. The first kappa shape index (κ1) is 18.9. The first-order valence-corrected chi connectivity index (χ1v) is 10.8. The summed E-state index contributed by atoms with van der Waals surface area (Å²) in [6.07, 6.45) is 9.93. The van der Waals surface area contributed by atoms with E-state index in [1.165, 1.54) is 40.4 Å². The van der Waals surface area contributed by atoms with Crippen LogP contribution in [0.25, 0.3) is 5.65 Å². The van der Waals surface area contributed by atoms with Crippen molar-refractivity contribution >= 4 is 22.9 Å². The molecule has 28 heavy (non-hydrogen) atoms. The van der Waals surface area contributed by atoms with Crippen LogP contribution in [0.5, 0.6) is 0 Å². The average molecular weight is 397 g/mol. The van der Waals surface area contributed by atoms with Gasteiger partial charge >= 0.3 is 0 Å². The fourth-order valence-corrected chi connectivity index (χ4v) is 4.97. The third-order valence-corrected chi connectivity index (χ3v) is 6.37. The molecule has 3 aromatic heterocycles. The fourth-order valence-electron chi connectivity index (χ4n) is 3.76. The molecule has 0 saturated carbocycles.